The third-order valence-electron chi connectivity index (χ3n) is 13.2. The van der Waals surface area contributed by atoms with Crippen LogP contribution in [-0.4, -0.2) is 33.3 Å². The van der Waals surface area contributed by atoms with Crippen molar-refractivity contribution in [1.29, 1.82) is 0 Å². The molecule has 0 radical (unpaired) electrons. The smallest absolute Gasteiger partial charge is 0.173 e. The van der Waals surface area contributed by atoms with Gasteiger partial charge in [0.2, 0.25) is 0 Å². The predicted molar refractivity (Wildman–Crippen MR) is 321 cm³/mol. The van der Waals surface area contributed by atoms with Gasteiger partial charge in [-0.15, -0.1) is 102 Å². The topological polar surface area (TPSA) is 77.9 Å². The van der Waals surface area contributed by atoms with E-state index < -0.39 is 0 Å². The Morgan fingerprint density at radius 1 is 0.472 bits per heavy atom. The number of hydrogen-bond acceptors (Lipinski definition) is 16. The lowest BCUT2D eigenvalue weighted by Gasteiger charge is -2.13. The summed E-state index contributed by atoms with van der Waals surface area (Å²) in [4.78, 5) is 48.4. The number of aldehydes is 1. The Morgan fingerprint density at radius 2 is 0.917 bits per heavy atom. The van der Waals surface area contributed by atoms with Crippen molar-refractivity contribution in [2.24, 2.45) is 11.8 Å². The number of unbranched alkanes of at least 4 members (excludes halogenated alkanes) is 2. The van der Waals surface area contributed by atoms with Crippen LogP contribution in [0.3, 0.4) is 0 Å². The number of benzene rings is 1. The van der Waals surface area contributed by atoms with E-state index in [0.29, 0.717) is 11.8 Å². The number of aromatic nitrogens is 4. The molecule has 6 nitrogen and oxygen atoms in total. The molecule has 72 heavy (non-hydrogen) atoms. The monoisotopic (exact) mass is 1130 g/mol. The Balaban J connectivity index is 1.05. The zero-order valence-electron chi connectivity index (χ0n) is 40.6. The van der Waals surface area contributed by atoms with Crippen LogP contribution in [-0.2, 0) is 12.8 Å². The molecule has 0 bridgehead atoms. The van der Waals surface area contributed by atoms with Gasteiger partial charge in [-0.25, -0.2) is 19.9 Å². The number of thiazole rings is 4. The number of nitrogens with zero attached hydrogens (tertiary/aromatic N) is 4. The highest BCUT2D eigenvalue weighted by molar-refractivity contribution is 7.31. The molecule has 10 aromatic heterocycles. The normalized spacial score (nSPS) is 12.7. The van der Waals surface area contributed by atoms with Gasteiger partial charge in [-0.2, -0.15) is 0 Å². The zero-order valence-corrected chi connectivity index (χ0v) is 48.7. The van der Waals surface area contributed by atoms with Gasteiger partial charge in [-0.3, -0.25) is 4.79 Å². The quantitative estimate of drug-likeness (QED) is 0.0629. The van der Waals surface area contributed by atoms with Crippen molar-refractivity contribution in [2.75, 3.05) is 7.11 Å². The first kappa shape index (κ1) is 50.1. The van der Waals surface area contributed by atoms with Gasteiger partial charge in [0.1, 0.15) is 0 Å². The molecule has 11 rings (SSSR count). The van der Waals surface area contributed by atoms with Gasteiger partial charge in [-0.05, 0) is 97.5 Å². The van der Waals surface area contributed by atoms with Crippen LogP contribution < -0.4 is 4.74 Å². The fourth-order valence-corrected chi connectivity index (χ4v) is 19.8. The number of ether oxygens (including phenoxy) is 1. The Morgan fingerprint density at radius 3 is 1.36 bits per heavy atom. The minimum atomic E-state index is 0.673. The molecule has 1 aromatic carbocycles. The van der Waals surface area contributed by atoms with Gasteiger partial charge in [-0.1, -0.05) is 90.4 Å². The Kier molecular flexibility index (Phi) is 15.6. The SMILES string of the molecule is CCCCC(CC)Cc1ccc(-c2c3nc(-c4ncc(-c5ccc(-c6ccc(OC)s6)s5)s4)sc3c(-c3ccc(CC(CC)CCCC)s3)c3nc(-c4ncc(-c5ccc(-c6ccc(C=O)s6)s5)s4)sc23)s1. The number of methoxy groups -OCH3 is 1. The molecule has 0 fully saturated rings. The fraction of sp³-hybridized carbons (Fsp3) is 0.304. The summed E-state index contributed by atoms with van der Waals surface area (Å²) in [7, 11) is 1.73. The minimum absolute atomic E-state index is 0.673. The van der Waals surface area contributed by atoms with Crippen LogP contribution in [0.15, 0.2) is 85.2 Å². The molecule has 2 atom stereocenters. The number of rotatable bonds is 22. The lowest BCUT2D eigenvalue weighted by molar-refractivity contribution is 0.112. The van der Waals surface area contributed by atoms with Crippen LogP contribution in [0.1, 0.15) is 98.5 Å². The third-order valence-corrected chi connectivity index (χ3v) is 24.8. The molecule has 2 unspecified atom stereocenters. The average molecular weight is 1130 g/mol. The second kappa shape index (κ2) is 22.4. The number of carbonyl (C=O) groups excluding carboxylic acids is 1. The van der Waals surface area contributed by atoms with Gasteiger partial charge in [0.25, 0.3) is 0 Å². The molecule has 16 heteroatoms. The molecule has 368 valence electrons. The van der Waals surface area contributed by atoms with E-state index in [-0.39, 0.29) is 0 Å². The van der Waals surface area contributed by atoms with Gasteiger partial charge in [0.05, 0.1) is 42.2 Å². The molecule has 10 heterocycles. The molecule has 0 saturated carbocycles. The molecule has 0 aliphatic heterocycles. The summed E-state index contributed by atoms with van der Waals surface area (Å²) in [5.41, 5.74) is 4.40. The molecule has 0 aliphatic carbocycles. The summed E-state index contributed by atoms with van der Waals surface area (Å²) in [6.07, 6.45) is 17.0. The van der Waals surface area contributed by atoms with Crippen LogP contribution in [0.2, 0.25) is 0 Å². The minimum Gasteiger partial charge on any atom is -0.487 e. The standard InChI is InChI=1S/C56H52N4O2S10/c1-6-10-12-31(8-3)26-33-14-18-42(63-33)47-49-51(71-55(59-49)53-57-28-44(69-53)40-22-20-37(66-40)36-17-16-35(30-61)65-36)48(43-19-15-34(64-43)27-32(9-4)13-11-7-2)50-52(47)72-56(60-50)54-58-29-45(70-54)41-23-21-38(67-41)39-24-25-46(62-5)68-39/h14-25,28-32H,6-13,26-27H2,1-5H3. The lowest BCUT2D eigenvalue weighted by atomic mass is 9.95. The van der Waals surface area contributed by atoms with Gasteiger partial charge >= 0.3 is 0 Å². The van der Waals surface area contributed by atoms with Crippen molar-refractivity contribution in [3.63, 3.8) is 0 Å². The molecule has 0 saturated heterocycles. The van der Waals surface area contributed by atoms with Gasteiger partial charge in [0.15, 0.2) is 31.4 Å². The lowest BCUT2D eigenvalue weighted by Crippen LogP contribution is -2.01. The largest absolute Gasteiger partial charge is 0.487 e. The molecule has 0 spiro atoms. The number of fused-ring (bicyclic) bond motifs is 2. The van der Waals surface area contributed by atoms with Crippen molar-refractivity contribution >= 4 is 140 Å². The number of carbonyl (C=O) groups is 1. The van der Waals surface area contributed by atoms with E-state index in [1.165, 1.54) is 113 Å². The van der Waals surface area contributed by atoms with E-state index in [4.69, 9.17) is 24.7 Å². The van der Waals surface area contributed by atoms with E-state index in [1.807, 2.05) is 53.3 Å². The number of thiophene rings is 6. The first-order chi connectivity index (χ1) is 35.3. The highest BCUT2D eigenvalue weighted by Crippen LogP contribution is 2.53. The van der Waals surface area contributed by atoms with Crippen molar-refractivity contribution in [2.45, 2.75) is 91.9 Å². The Labute approximate surface area is 460 Å². The molecular weight excluding hydrogens is 1080 g/mol. The molecule has 0 aliphatic rings. The first-order valence-electron chi connectivity index (χ1n) is 24.6. The highest BCUT2D eigenvalue weighted by Gasteiger charge is 2.28. The van der Waals surface area contributed by atoms with Crippen LogP contribution in [0.4, 0.5) is 0 Å². The second-order valence-electron chi connectivity index (χ2n) is 17.9. The van der Waals surface area contributed by atoms with E-state index in [9.17, 15) is 4.79 Å². The van der Waals surface area contributed by atoms with Crippen molar-refractivity contribution in [3.8, 4) is 85.0 Å². The van der Waals surface area contributed by atoms with Crippen LogP contribution in [0, 0.1) is 11.8 Å². The maximum absolute atomic E-state index is 11.5. The van der Waals surface area contributed by atoms with Gasteiger partial charge in [0, 0.05) is 72.3 Å². The molecule has 11 aromatic rings. The van der Waals surface area contributed by atoms with E-state index in [1.54, 1.807) is 86.5 Å². The van der Waals surface area contributed by atoms with Crippen molar-refractivity contribution in [1.82, 2.24) is 19.9 Å². The van der Waals surface area contributed by atoms with E-state index in [2.05, 4.69) is 82.3 Å². The Hall–Kier alpha value is -4.07. The zero-order chi connectivity index (χ0) is 49.3. The summed E-state index contributed by atoms with van der Waals surface area (Å²) in [5, 5.41) is 4.64. The highest BCUT2D eigenvalue weighted by atomic mass is 32.1. The van der Waals surface area contributed by atoms with Crippen molar-refractivity contribution < 1.29 is 9.53 Å². The van der Waals surface area contributed by atoms with E-state index in [0.717, 1.165) is 89.2 Å². The summed E-state index contributed by atoms with van der Waals surface area (Å²) < 4.78 is 7.83. The third kappa shape index (κ3) is 10.3. The second-order valence-corrected chi connectivity index (χ2v) is 28.7. The maximum Gasteiger partial charge on any atom is 0.173 e. The molecule has 0 amide bonds. The average Bonchev–Trinajstić information content (AvgIpc) is 4.24. The first-order valence-corrected chi connectivity index (χ1v) is 32.8. The summed E-state index contributed by atoms with van der Waals surface area (Å²) in [5.74, 6) is 1.35. The van der Waals surface area contributed by atoms with Crippen LogP contribution in [0.5, 0.6) is 5.06 Å². The maximum atomic E-state index is 11.5. The Bertz CT molecular complexity index is 3500. The fourth-order valence-electron chi connectivity index (χ4n) is 9.16. The van der Waals surface area contributed by atoms with Crippen LogP contribution in [0.25, 0.3) is 100 Å². The summed E-state index contributed by atoms with van der Waals surface area (Å²) in [6.45, 7) is 9.28. The number of hydrogen-bond donors (Lipinski definition) is 0. The van der Waals surface area contributed by atoms with Gasteiger partial charge < -0.3 is 4.74 Å². The molecular formula is C56H52N4O2S10. The molecule has 0 N–H and O–H groups in total. The predicted octanol–water partition coefficient (Wildman–Crippen LogP) is 20.9. The van der Waals surface area contributed by atoms with Crippen molar-refractivity contribution in [3.05, 3.63) is 99.8 Å². The summed E-state index contributed by atoms with van der Waals surface area (Å²) >= 11 is 17.5. The summed E-state index contributed by atoms with van der Waals surface area (Å²) in [6, 6.07) is 26.3. The van der Waals surface area contributed by atoms with Crippen LogP contribution >= 0.6 is 113 Å². The van der Waals surface area contributed by atoms with E-state index >= 15 is 0 Å².